The predicted octanol–water partition coefficient (Wildman–Crippen LogP) is 4.17. The van der Waals surface area contributed by atoms with Crippen molar-refractivity contribution >= 4 is 22.7 Å². The van der Waals surface area contributed by atoms with Gasteiger partial charge in [-0.05, 0) is 35.4 Å². The fourth-order valence-electron chi connectivity index (χ4n) is 4.20. The van der Waals surface area contributed by atoms with Crippen molar-refractivity contribution in [1.82, 2.24) is 15.2 Å². The lowest BCUT2D eigenvalue weighted by Gasteiger charge is -2.25. The van der Waals surface area contributed by atoms with E-state index in [1.807, 2.05) is 48.7 Å². The zero-order valence-electron chi connectivity index (χ0n) is 16.6. The zero-order valence-corrected chi connectivity index (χ0v) is 16.6. The Morgan fingerprint density at radius 1 is 0.968 bits per heavy atom. The number of aromatic amines is 1. The molecule has 2 amide bonds. The summed E-state index contributed by atoms with van der Waals surface area (Å²) in [6, 6.07) is 21.0. The number of fused-ring (bicyclic) bond motifs is 2. The first-order valence-electron chi connectivity index (χ1n) is 10.1. The number of amides is 2. The first-order chi connectivity index (χ1) is 15.1. The van der Waals surface area contributed by atoms with Gasteiger partial charge in [-0.3, -0.25) is 9.59 Å². The summed E-state index contributed by atoms with van der Waals surface area (Å²) in [6.07, 6.45) is 1.91. The van der Waals surface area contributed by atoms with Crippen LogP contribution in [0.5, 0.6) is 0 Å². The van der Waals surface area contributed by atoms with Crippen LogP contribution in [0, 0.1) is 5.82 Å². The van der Waals surface area contributed by atoms with Crippen LogP contribution < -0.4 is 5.32 Å². The molecule has 1 aliphatic heterocycles. The summed E-state index contributed by atoms with van der Waals surface area (Å²) in [5, 5.41) is 3.85. The minimum absolute atomic E-state index is 0.0706. The number of hydrogen-bond donors (Lipinski definition) is 2. The maximum absolute atomic E-state index is 13.2. The number of aromatic nitrogens is 1. The maximum atomic E-state index is 13.2. The molecule has 5 nitrogen and oxygen atoms in total. The molecule has 31 heavy (non-hydrogen) atoms. The molecule has 0 spiro atoms. The summed E-state index contributed by atoms with van der Waals surface area (Å²) in [4.78, 5) is 30.8. The van der Waals surface area contributed by atoms with E-state index in [0.29, 0.717) is 5.56 Å². The number of para-hydroxylation sites is 1. The van der Waals surface area contributed by atoms with Crippen molar-refractivity contribution in [2.45, 2.75) is 12.6 Å². The number of halogens is 1. The highest BCUT2D eigenvalue weighted by Gasteiger charge is 2.39. The zero-order chi connectivity index (χ0) is 21.4. The molecule has 3 aromatic carbocycles. The standard InChI is InChI=1S/C25H20FN3O2/c26-17-11-9-16(10-12-17)13-28-23(30)15-29-24(19-6-1-2-7-20(19)25(29)31)21-14-27-22-8-4-3-5-18(21)22/h1-12,14,24,27H,13,15H2,(H,28,30)/t24-/m1/s1. The quantitative estimate of drug-likeness (QED) is 0.516. The molecule has 1 aromatic heterocycles. The van der Waals surface area contributed by atoms with Crippen LogP contribution in [0.3, 0.4) is 0 Å². The SMILES string of the molecule is O=C(CN1C(=O)c2ccccc2[C@@H]1c1c[nH]c2ccccc12)NCc1ccc(F)cc1. The van der Waals surface area contributed by atoms with Crippen molar-refractivity contribution in [3.63, 3.8) is 0 Å². The largest absolute Gasteiger partial charge is 0.361 e. The van der Waals surface area contributed by atoms with Crippen LogP contribution in [-0.4, -0.2) is 28.2 Å². The average molecular weight is 413 g/mol. The highest BCUT2D eigenvalue weighted by molar-refractivity contribution is 6.02. The van der Waals surface area contributed by atoms with Crippen LogP contribution in [0.1, 0.15) is 33.1 Å². The van der Waals surface area contributed by atoms with Gasteiger partial charge in [-0.1, -0.05) is 48.5 Å². The third-order valence-corrected chi connectivity index (χ3v) is 5.69. The molecule has 0 saturated heterocycles. The molecule has 2 heterocycles. The van der Waals surface area contributed by atoms with Gasteiger partial charge in [0, 0.05) is 34.8 Å². The van der Waals surface area contributed by atoms with Crippen molar-refractivity contribution in [2.24, 2.45) is 0 Å². The van der Waals surface area contributed by atoms with E-state index in [9.17, 15) is 14.0 Å². The van der Waals surface area contributed by atoms with E-state index in [2.05, 4.69) is 10.3 Å². The minimum Gasteiger partial charge on any atom is -0.361 e. The molecule has 1 aliphatic rings. The molecule has 5 rings (SSSR count). The van der Waals surface area contributed by atoms with Crippen LogP contribution in [0.15, 0.2) is 79.0 Å². The van der Waals surface area contributed by atoms with Crippen LogP contribution in [0.2, 0.25) is 0 Å². The number of hydrogen-bond acceptors (Lipinski definition) is 2. The molecule has 0 saturated carbocycles. The first-order valence-corrected chi connectivity index (χ1v) is 10.1. The van der Waals surface area contributed by atoms with Gasteiger partial charge in [0.1, 0.15) is 12.4 Å². The smallest absolute Gasteiger partial charge is 0.255 e. The fraction of sp³-hybridized carbons (Fsp3) is 0.120. The fourth-order valence-corrected chi connectivity index (χ4v) is 4.20. The Labute approximate surface area is 178 Å². The van der Waals surface area contributed by atoms with Crippen LogP contribution in [0.4, 0.5) is 4.39 Å². The van der Waals surface area contributed by atoms with E-state index in [4.69, 9.17) is 0 Å². The molecular formula is C25H20FN3O2. The highest BCUT2D eigenvalue weighted by atomic mass is 19.1. The molecule has 1 atom stereocenters. The molecule has 4 aromatic rings. The molecule has 154 valence electrons. The minimum atomic E-state index is -0.351. The van der Waals surface area contributed by atoms with E-state index in [0.717, 1.165) is 27.6 Å². The van der Waals surface area contributed by atoms with Crippen LogP contribution in [0.25, 0.3) is 10.9 Å². The summed E-state index contributed by atoms with van der Waals surface area (Å²) in [7, 11) is 0. The lowest BCUT2D eigenvalue weighted by Crippen LogP contribution is -2.39. The van der Waals surface area contributed by atoms with Gasteiger partial charge < -0.3 is 15.2 Å². The molecule has 6 heteroatoms. The lowest BCUT2D eigenvalue weighted by atomic mass is 9.97. The highest BCUT2D eigenvalue weighted by Crippen LogP contribution is 2.40. The topological polar surface area (TPSA) is 65.2 Å². The molecule has 2 N–H and O–H groups in total. The molecule has 0 bridgehead atoms. The Morgan fingerprint density at radius 2 is 1.71 bits per heavy atom. The van der Waals surface area contributed by atoms with Crippen molar-refractivity contribution in [1.29, 1.82) is 0 Å². The van der Waals surface area contributed by atoms with Crippen molar-refractivity contribution in [3.05, 3.63) is 107 Å². The second-order valence-corrected chi connectivity index (χ2v) is 7.62. The third kappa shape index (κ3) is 3.46. The number of rotatable bonds is 5. The Bertz CT molecular complexity index is 1280. The Morgan fingerprint density at radius 3 is 2.55 bits per heavy atom. The Balaban J connectivity index is 1.43. The lowest BCUT2D eigenvalue weighted by molar-refractivity contribution is -0.122. The van der Waals surface area contributed by atoms with E-state index >= 15 is 0 Å². The number of nitrogens with zero attached hydrogens (tertiary/aromatic N) is 1. The second kappa shape index (κ2) is 7.72. The number of benzene rings is 3. The van der Waals surface area contributed by atoms with Gasteiger partial charge in [-0.15, -0.1) is 0 Å². The summed E-state index contributed by atoms with van der Waals surface area (Å²) in [5.74, 6) is -0.754. The van der Waals surface area contributed by atoms with E-state index in [1.54, 1.807) is 23.1 Å². The monoisotopic (exact) mass is 413 g/mol. The molecule has 0 radical (unpaired) electrons. The molecule has 0 unspecified atom stereocenters. The Hall–Kier alpha value is -3.93. The summed E-state index contributed by atoms with van der Waals surface area (Å²) in [6.45, 7) is 0.199. The maximum Gasteiger partial charge on any atom is 0.255 e. The van der Waals surface area contributed by atoms with E-state index in [-0.39, 0.29) is 36.8 Å². The van der Waals surface area contributed by atoms with Crippen molar-refractivity contribution in [2.75, 3.05) is 6.54 Å². The number of carbonyl (C=O) groups excluding carboxylic acids is 2. The van der Waals surface area contributed by atoms with Gasteiger partial charge in [0.15, 0.2) is 0 Å². The van der Waals surface area contributed by atoms with Gasteiger partial charge in [0.05, 0.1) is 6.04 Å². The van der Waals surface area contributed by atoms with Gasteiger partial charge in [-0.25, -0.2) is 4.39 Å². The van der Waals surface area contributed by atoms with Crippen LogP contribution >= 0.6 is 0 Å². The number of H-pyrrole nitrogens is 1. The molecule has 0 aliphatic carbocycles. The van der Waals surface area contributed by atoms with Crippen molar-refractivity contribution in [3.8, 4) is 0 Å². The number of carbonyl (C=O) groups is 2. The predicted molar refractivity (Wildman–Crippen MR) is 116 cm³/mol. The molecule has 0 fully saturated rings. The van der Waals surface area contributed by atoms with Crippen LogP contribution in [-0.2, 0) is 11.3 Å². The van der Waals surface area contributed by atoms with Crippen molar-refractivity contribution < 1.29 is 14.0 Å². The number of nitrogens with one attached hydrogen (secondary N) is 2. The van der Waals surface area contributed by atoms with Gasteiger partial charge in [0.25, 0.3) is 5.91 Å². The third-order valence-electron chi connectivity index (χ3n) is 5.69. The first kappa shape index (κ1) is 19.1. The summed E-state index contributed by atoms with van der Waals surface area (Å²) < 4.78 is 13.1. The van der Waals surface area contributed by atoms with Gasteiger partial charge in [0.2, 0.25) is 5.91 Å². The van der Waals surface area contributed by atoms with E-state index in [1.165, 1.54) is 12.1 Å². The van der Waals surface area contributed by atoms with Gasteiger partial charge in [-0.2, -0.15) is 0 Å². The molecular weight excluding hydrogens is 393 g/mol. The van der Waals surface area contributed by atoms with Gasteiger partial charge >= 0.3 is 0 Å². The average Bonchev–Trinajstić information content (AvgIpc) is 3.33. The van der Waals surface area contributed by atoms with E-state index < -0.39 is 0 Å². The normalized spacial score (nSPS) is 15.3. The summed E-state index contributed by atoms with van der Waals surface area (Å²) >= 11 is 0. The summed E-state index contributed by atoms with van der Waals surface area (Å²) in [5.41, 5.74) is 4.24. The second-order valence-electron chi connectivity index (χ2n) is 7.62. The Kier molecular flexibility index (Phi) is 4.75.